The molecule has 3 atom stereocenters. The average molecular weight is 959 g/mol. The van der Waals surface area contributed by atoms with Crippen LogP contribution in [0.1, 0.15) is 290 Å². The lowest BCUT2D eigenvalue weighted by Crippen LogP contribution is -2.29. The van der Waals surface area contributed by atoms with E-state index in [1.165, 1.54) is 218 Å². The number of allylic oxidation sites excluding steroid dienone is 2. The maximum Gasteiger partial charge on any atom is 0.472 e. The molecule has 392 valence electrons. The number of phosphoric ester groups is 1. The minimum atomic E-state index is -4.62. The third-order valence-electron chi connectivity index (χ3n) is 12.7. The van der Waals surface area contributed by atoms with E-state index < -0.39 is 51.8 Å². The molecule has 0 heterocycles. The largest absolute Gasteiger partial charge is 0.472 e. The first kappa shape index (κ1) is 64.7. The van der Waals surface area contributed by atoms with E-state index >= 15 is 0 Å². The third-order valence-corrected chi connectivity index (χ3v) is 13.6. The second-order valence-electron chi connectivity index (χ2n) is 19.3. The summed E-state index contributed by atoms with van der Waals surface area (Å²) in [5.41, 5.74) is 0. The predicted octanol–water partition coefficient (Wildman–Crippen LogP) is 16.3. The first-order chi connectivity index (χ1) is 32.2. The molecule has 0 aromatic rings. The Morgan fingerprint density at radius 2 is 0.742 bits per heavy atom. The monoisotopic (exact) mass is 959 g/mol. The summed E-state index contributed by atoms with van der Waals surface area (Å²) >= 11 is 0. The lowest BCUT2D eigenvalue weighted by Gasteiger charge is -2.20. The number of carbonyl (C=O) groups is 2. The van der Waals surface area contributed by atoms with E-state index in [9.17, 15) is 24.2 Å². The fourth-order valence-electron chi connectivity index (χ4n) is 8.35. The van der Waals surface area contributed by atoms with Crippen LogP contribution in [0.5, 0.6) is 0 Å². The molecule has 11 heteroatoms. The molecule has 0 saturated carbocycles. The van der Waals surface area contributed by atoms with Crippen molar-refractivity contribution in [1.82, 2.24) is 0 Å². The third kappa shape index (κ3) is 50.6. The second kappa shape index (κ2) is 51.6. The number of ether oxygens (including phenoxy) is 2. The molecule has 0 aromatic carbocycles. The molecule has 0 aromatic heterocycles. The average Bonchev–Trinajstić information content (AvgIpc) is 3.31. The number of esters is 2. The number of carbonyl (C=O) groups excluding carboxylic acids is 2. The van der Waals surface area contributed by atoms with Gasteiger partial charge in [0.15, 0.2) is 6.10 Å². The summed E-state index contributed by atoms with van der Waals surface area (Å²) in [5.74, 6) is -0.905. The highest BCUT2D eigenvalue weighted by molar-refractivity contribution is 7.47. The van der Waals surface area contributed by atoms with E-state index in [-0.39, 0.29) is 19.4 Å². The molecule has 3 N–H and O–H groups in total. The van der Waals surface area contributed by atoms with Crippen LogP contribution in [-0.4, -0.2) is 65.7 Å². The summed E-state index contributed by atoms with van der Waals surface area (Å²) in [5, 5.41) is 18.4. The Labute approximate surface area is 406 Å². The van der Waals surface area contributed by atoms with Crippen LogP contribution in [0.3, 0.4) is 0 Å². The van der Waals surface area contributed by atoms with Gasteiger partial charge in [0.1, 0.15) is 12.7 Å². The first-order valence-corrected chi connectivity index (χ1v) is 29.6. The van der Waals surface area contributed by atoms with Crippen LogP contribution < -0.4 is 0 Å². The number of hydrogen-bond acceptors (Lipinski definition) is 9. The second-order valence-corrected chi connectivity index (χ2v) is 20.8. The van der Waals surface area contributed by atoms with Gasteiger partial charge < -0.3 is 24.6 Å². The first-order valence-electron chi connectivity index (χ1n) is 28.1. The Morgan fingerprint density at radius 3 is 1.09 bits per heavy atom. The maximum atomic E-state index is 12.7. The molecule has 0 saturated heterocycles. The molecule has 0 fully saturated rings. The van der Waals surface area contributed by atoms with Crippen LogP contribution in [0, 0.1) is 0 Å². The number of aliphatic hydroxyl groups is 2. The number of aliphatic hydroxyl groups excluding tert-OH is 2. The van der Waals surface area contributed by atoms with E-state index in [0.29, 0.717) is 12.8 Å². The fourth-order valence-corrected chi connectivity index (χ4v) is 9.14. The van der Waals surface area contributed by atoms with Crippen LogP contribution in [-0.2, 0) is 32.7 Å². The van der Waals surface area contributed by atoms with Gasteiger partial charge in [-0.25, -0.2) is 4.57 Å². The highest BCUT2D eigenvalue weighted by Crippen LogP contribution is 2.43. The highest BCUT2D eigenvalue weighted by Gasteiger charge is 2.27. The summed E-state index contributed by atoms with van der Waals surface area (Å²) in [4.78, 5) is 35.3. The highest BCUT2D eigenvalue weighted by atomic mass is 31.2. The molecule has 66 heavy (non-hydrogen) atoms. The van der Waals surface area contributed by atoms with Crippen LogP contribution in [0.25, 0.3) is 0 Å². The molecule has 10 nitrogen and oxygen atoms in total. The standard InChI is InChI=1S/C55H107O10P/c1-3-5-7-9-11-13-15-17-19-21-23-25-27-28-30-32-34-36-38-40-42-44-46-54(58)62-50-53(51-64-66(60,61)63-49-52(57)48-56)65-55(59)47-45-43-41-39-37-35-33-31-29-26-24-22-20-18-16-14-12-10-8-6-4-2/h18,20,52-53,56-57H,3-17,19,21-51H2,1-2H3,(H,60,61)/b20-18+/t52-,53+/m0/s1. The van der Waals surface area contributed by atoms with Gasteiger partial charge in [-0.1, -0.05) is 251 Å². The van der Waals surface area contributed by atoms with Crippen molar-refractivity contribution in [2.45, 2.75) is 302 Å². The Balaban J connectivity index is 4.08. The SMILES string of the molecule is CCCCCCCC/C=C/CCCCCCCCCCCCCC(=O)O[C@H](COC(=O)CCCCCCCCCCCCCCCCCCCCCCCC)COP(=O)(O)OC[C@@H](O)CO. The molecular weight excluding hydrogens is 852 g/mol. The molecule has 0 spiro atoms. The Morgan fingerprint density at radius 1 is 0.439 bits per heavy atom. The van der Waals surface area contributed by atoms with Gasteiger partial charge in [0.25, 0.3) is 0 Å². The van der Waals surface area contributed by atoms with Gasteiger partial charge in [-0.3, -0.25) is 18.6 Å². The number of hydrogen-bond donors (Lipinski definition) is 3. The minimum Gasteiger partial charge on any atom is -0.462 e. The molecule has 0 rings (SSSR count). The zero-order valence-corrected chi connectivity index (χ0v) is 44.1. The number of phosphoric acid groups is 1. The summed E-state index contributed by atoms with van der Waals surface area (Å²) in [6, 6.07) is 0. The normalized spacial score (nSPS) is 13.6. The summed E-state index contributed by atoms with van der Waals surface area (Å²) in [6.07, 6.45) is 54.7. The van der Waals surface area contributed by atoms with Crippen molar-refractivity contribution in [3.8, 4) is 0 Å². The van der Waals surface area contributed by atoms with Gasteiger partial charge in [-0.05, 0) is 38.5 Å². The molecule has 1 unspecified atom stereocenters. The molecular formula is C55H107O10P. The van der Waals surface area contributed by atoms with Crippen LogP contribution in [0.4, 0.5) is 0 Å². The van der Waals surface area contributed by atoms with E-state index in [1.54, 1.807) is 0 Å². The van der Waals surface area contributed by atoms with Gasteiger partial charge in [0.05, 0.1) is 19.8 Å². The van der Waals surface area contributed by atoms with Gasteiger partial charge in [-0.2, -0.15) is 0 Å². The zero-order chi connectivity index (χ0) is 48.3. The lowest BCUT2D eigenvalue weighted by atomic mass is 10.0. The molecule has 0 aliphatic heterocycles. The smallest absolute Gasteiger partial charge is 0.462 e. The van der Waals surface area contributed by atoms with Crippen molar-refractivity contribution >= 4 is 19.8 Å². The summed E-state index contributed by atoms with van der Waals surface area (Å²) in [6.45, 7) is 2.45. The van der Waals surface area contributed by atoms with Crippen molar-refractivity contribution in [3.05, 3.63) is 12.2 Å². The molecule has 0 bridgehead atoms. The van der Waals surface area contributed by atoms with Crippen molar-refractivity contribution in [2.75, 3.05) is 26.4 Å². The van der Waals surface area contributed by atoms with Crippen molar-refractivity contribution in [3.63, 3.8) is 0 Å². The topological polar surface area (TPSA) is 149 Å². The quantitative estimate of drug-likeness (QED) is 0.0233. The Bertz CT molecular complexity index is 1100. The lowest BCUT2D eigenvalue weighted by molar-refractivity contribution is -0.161. The molecule has 0 aliphatic rings. The predicted molar refractivity (Wildman–Crippen MR) is 275 cm³/mol. The molecule has 0 radical (unpaired) electrons. The number of rotatable bonds is 54. The fraction of sp³-hybridized carbons (Fsp3) is 0.927. The van der Waals surface area contributed by atoms with Gasteiger partial charge in [-0.15, -0.1) is 0 Å². The van der Waals surface area contributed by atoms with Gasteiger partial charge in [0.2, 0.25) is 0 Å². The van der Waals surface area contributed by atoms with E-state index in [2.05, 4.69) is 26.0 Å². The zero-order valence-electron chi connectivity index (χ0n) is 43.2. The Kier molecular flexibility index (Phi) is 50.5. The van der Waals surface area contributed by atoms with E-state index in [0.717, 1.165) is 32.1 Å². The van der Waals surface area contributed by atoms with Crippen LogP contribution >= 0.6 is 7.82 Å². The number of unbranched alkanes of at least 4 members (excludes halogenated alkanes) is 38. The Hall–Kier alpha value is -1.29. The molecule has 0 amide bonds. The molecule has 0 aliphatic carbocycles. The van der Waals surface area contributed by atoms with Crippen molar-refractivity contribution in [1.29, 1.82) is 0 Å². The van der Waals surface area contributed by atoms with Crippen LogP contribution in [0.2, 0.25) is 0 Å². The van der Waals surface area contributed by atoms with E-state index in [1.807, 2.05) is 0 Å². The van der Waals surface area contributed by atoms with Gasteiger partial charge >= 0.3 is 19.8 Å². The minimum absolute atomic E-state index is 0.189. The summed E-state index contributed by atoms with van der Waals surface area (Å²) < 4.78 is 33.0. The maximum absolute atomic E-state index is 12.7. The van der Waals surface area contributed by atoms with Crippen molar-refractivity contribution < 1.29 is 47.8 Å². The van der Waals surface area contributed by atoms with E-state index in [4.69, 9.17) is 23.6 Å². The van der Waals surface area contributed by atoms with Crippen molar-refractivity contribution in [2.24, 2.45) is 0 Å². The summed E-state index contributed by atoms with van der Waals surface area (Å²) in [7, 11) is -4.62. The van der Waals surface area contributed by atoms with Gasteiger partial charge in [0, 0.05) is 12.8 Å². The van der Waals surface area contributed by atoms with Crippen LogP contribution in [0.15, 0.2) is 12.2 Å².